The van der Waals surface area contributed by atoms with Gasteiger partial charge >= 0.3 is 0 Å². The van der Waals surface area contributed by atoms with Gasteiger partial charge in [-0.25, -0.2) is 4.98 Å². The van der Waals surface area contributed by atoms with E-state index in [1.54, 1.807) is 0 Å². The Balaban J connectivity index is 1.43. The van der Waals surface area contributed by atoms with Crippen molar-refractivity contribution in [3.8, 4) is 0 Å². The highest BCUT2D eigenvalue weighted by Gasteiger charge is 2.51. The lowest BCUT2D eigenvalue weighted by Gasteiger charge is -2.27. The topological polar surface area (TPSA) is 95.2 Å². The van der Waals surface area contributed by atoms with E-state index in [0.29, 0.717) is 18.0 Å². The van der Waals surface area contributed by atoms with Crippen LogP contribution >= 0.6 is 11.8 Å². The number of nitrogens with one attached hydrogen (secondary N) is 2. The number of aromatic amines is 1. The van der Waals surface area contributed by atoms with E-state index in [0.717, 1.165) is 42.3 Å². The maximum absolute atomic E-state index is 13.7. The molecule has 5 rings (SSSR count). The number of hydrogen-bond donors (Lipinski definition) is 2. The third kappa shape index (κ3) is 4.72. The molecule has 1 aliphatic heterocycles. The lowest BCUT2D eigenvalue weighted by atomic mass is 9.81. The normalized spacial score (nSPS) is 21.7. The fourth-order valence-corrected chi connectivity index (χ4v) is 6.01. The summed E-state index contributed by atoms with van der Waals surface area (Å²) in [4.78, 5) is 49.5. The fraction of sp³-hybridized carbons (Fsp3) is 0.407. The van der Waals surface area contributed by atoms with E-state index in [1.807, 2.05) is 60.9 Å². The van der Waals surface area contributed by atoms with Crippen LogP contribution in [0.5, 0.6) is 0 Å². The third-order valence-electron chi connectivity index (χ3n) is 7.15. The summed E-state index contributed by atoms with van der Waals surface area (Å²) >= 11 is 1.46. The molecule has 1 aromatic heterocycles. The minimum absolute atomic E-state index is 0.183. The van der Waals surface area contributed by atoms with Crippen LogP contribution in [0.25, 0.3) is 11.0 Å². The van der Waals surface area contributed by atoms with Crippen LogP contribution in [0.4, 0.5) is 0 Å². The number of thioether (sulfide) groups is 1. The highest BCUT2D eigenvalue weighted by Crippen LogP contribution is 2.39. The highest BCUT2D eigenvalue weighted by molar-refractivity contribution is 7.98. The Labute approximate surface area is 209 Å². The number of likely N-dealkylation sites (tertiary alicyclic amines) is 1. The number of H-pyrrole nitrogens is 1. The van der Waals surface area contributed by atoms with Crippen LogP contribution in [0.1, 0.15) is 43.1 Å². The number of imidazole rings is 1. The number of aromatic nitrogens is 2. The van der Waals surface area contributed by atoms with Gasteiger partial charge in [-0.1, -0.05) is 55.3 Å². The summed E-state index contributed by atoms with van der Waals surface area (Å²) in [5, 5.41) is 3.13. The Morgan fingerprint density at radius 2 is 1.71 bits per heavy atom. The molecular weight excluding hydrogens is 460 g/mol. The molecule has 2 fully saturated rings. The van der Waals surface area contributed by atoms with E-state index in [4.69, 9.17) is 4.98 Å². The van der Waals surface area contributed by atoms with Crippen LogP contribution in [0.2, 0.25) is 0 Å². The number of nitrogens with zero attached hydrogens (tertiary/aromatic N) is 2. The van der Waals surface area contributed by atoms with Gasteiger partial charge in [0.25, 0.3) is 0 Å². The van der Waals surface area contributed by atoms with Crippen molar-refractivity contribution >= 4 is 40.5 Å². The summed E-state index contributed by atoms with van der Waals surface area (Å²) in [5.41, 5.74) is 2.77. The quantitative estimate of drug-likeness (QED) is 0.468. The van der Waals surface area contributed by atoms with E-state index in [9.17, 15) is 14.4 Å². The Morgan fingerprint density at radius 3 is 2.37 bits per heavy atom. The van der Waals surface area contributed by atoms with Gasteiger partial charge in [-0.2, -0.15) is 11.8 Å². The Morgan fingerprint density at radius 1 is 1.06 bits per heavy atom. The summed E-state index contributed by atoms with van der Waals surface area (Å²) in [6.07, 6.45) is 5.80. The van der Waals surface area contributed by atoms with Crippen molar-refractivity contribution in [2.75, 3.05) is 12.0 Å². The van der Waals surface area contributed by atoms with Crippen LogP contribution < -0.4 is 5.32 Å². The van der Waals surface area contributed by atoms with E-state index >= 15 is 0 Å². The molecular formula is C27H30N4O3S. The second-order valence-corrected chi connectivity index (χ2v) is 10.3. The van der Waals surface area contributed by atoms with Gasteiger partial charge in [0.15, 0.2) is 0 Å². The smallest absolute Gasteiger partial charge is 0.244 e. The second kappa shape index (κ2) is 10.2. The first-order valence-electron chi connectivity index (χ1n) is 12.2. The van der Waals surface area contributed by atoms with Gasteiger partial charge in [0, 0.05) is 5.75 Å². The van der Waals surface area contributed by atoms with Crippen LogP contribution in [0.15, 0.2) is 54.6 Å². The molecule has 7 nitrogen and oxygen atoms in total. The molecule has 2 aromatic carbocycles. The van der Waals surface area contributed by atoms with E-state index in [2.05, 4.69) is 10.3 Å². The van der Waals surface area contributed by atoms with Gasteiger partial charge in [0.2, 0.25) is 17.7 Å². The van der Waals surface area contributed by atoms with Crippen molar-refractivity contribution in [1.29, 1.82) is 0 Å². The molecule has 1 aliphatic carbocycles. The predicted octanol–water partition coefficient (Wildman–Crippen LogP) is 3.87. The van der Waals surface area contributed by atoms with Gasteiger partial charge in [-0.15, -0.1) is 0 Å². The number of carbonyl (C=O) groups is 3. The van der Waals surface area contributed by atoms with E-state index < -0.39 is 12.1 Å². The second-order valence-electron chi connectivity index (χ2n) is 9.41. The van der Waals surface area contributed by atoms with Gasteiger partial charge in [-0.05, 0) is 43.2 Å². The largest absolute Gasteiger partial charge is 0.344 e. The standard InChI is InChI=1S/C27H30N4O3S/c1-35-16-23(31-26(33)18-11-5-6-12-19(18)27(31)34)25(32)30-22(15-17-9-3-2-4-10-17)24-28-20-13-7-8-14-21(20)29-24/h2-4,7-10,13-14,18-19,22-23H,5-6,11-12,15-16H2,1H3,(H,28,29)(H,30,32). The Kier molecular flexibility index (Phi) is 6.90. The number of para-hydroxylation sites is 2. The summed E-state index contributed by atoms with van der Waals surface area (Å²) in [6.45, 7) is 0. The molecule has 2 aliphatic rings. The molecule has 8 heteroatoms. The number of fused-ring (bicyclic) bond motifs is 2. The molecule has 4 atom stereocenters. The number of amides is 3. The van der Waals surface area contributed by atoms with E-state index in [1.165, 1.54) is 16.7 Å². The molecule has 0 bridgehead atoms. The van der Waals surface area contributed by atoms with E-state index in [-0.39, 0.29) is 29.6 Å². The molecule has 2 heterocycles. The first kappa shape index (κ1) is 23.6. The summed E-state index contributed by atoms with van der Waals surface area (Å²) in [7, 11) is 0. The number of hydrogen-bond acceptors (Lipinski definition) is 5. The van der Waals surface area contributed by atoms with Crippen LogP contribution in [0, 0.1) is 11.8 Å². The van der Waals surface area contributed by atoms with Crippen molar-refractivity contribution < 1.29 is 14.4 Å². The lowest BCUT2D eigenvalue weighted by Crippen LogP contribution is -2.52. The average Bonchev–Trinajstić information content (AvgIpc) is 3.42. The molecule has 1 saturated carbocycles. The van der Waals surface area contributed by atoms with Crippen LogP contribution in [0.3, 0.4) is 0 Å². The molecule has 3 aromatic rings. The van der Waals surface area contributed by atoms with Crippen LogP contribution in [-0.2, 0) is 20.8 Å². The van der Waals surface area contributed by atoms with Crippen molar-refractivity contribution in [1.82, 2.24) is 20.2 Å². The van der Waals surface area contributed by atoms with Gasteiger partial charge in [0.05, 0.1) is 28.9 Å². The maximum Gasteiger partial charge on any atom is 0.244 e. The molecule has 35 heavy (non-hydrogen) atoms. The predicted molar refractivity (Wildman–Crippen MR) is 137 cm³/mol. The molecule has 0 spiro atoms. The minimum Gasteiger partial charge on any atom is -0.344 e. The summed E-state index contributed by atoms with van der Waals surface area (Å²) < 4.78 is 0. The number of rotatable bonds is 8. The third-order valence-corrected chi connectivity index (χ3v) is 7.80. The molecule has 182 valence electrons. The van der Waals surface area contributed by atoms with Crippen molar-refractivity contribution in [3.63, 3.8) is 0 Å². The van der Waals surface area contributed by atoms with Gasteiger partial charge in [0.1, 0.15) is 11.9 Å². The fourth-order valence-electron chi connectivity index (χ4n) is 5.39. The first-order chi connectivity index (χ1) is 17.1. The van der Waals surface area contributed by atoms with Crippen LogP contribution in [-0.4, -0.2) is 50.6 Å². The molecule has 3 amide bonds. The summed E-state index contributed by atoms with van der Waals surface area (Å²) in [6, 6.07) is 16.4. The molecule has 2 N–H and O–H groups in total. The van der Waals surface area contributed by atoms with Crippen molar-refractivity contribution in [2.45, 2.75) is 44.2 Å². The summed E-state index contributed by atoms with van der Waals surface area (Å²) in [5.74, 6) is -0.219. The van der Waals surface area contributed by atoms with Crippen molar-refractivity contribution in [2.24, 2.45) is 11.8 Å². The number of carbonyl (C=O) groups excluding carboxylic acids is 3. The minimum atomic E-state index is -0.835. The zero-order valence-corrected chi connectivity index (χ0v) is 20.6. The highest BCUT2D eigenvalue weighted by atomic mass is 32.2. The molecule has 0 radical (unpaired) electrons. The monoisotopic (exact) mass is 490 g/mol. The molecule has 1 saturated heterocycles. The molecule has 4 unspecified atom stereocenters. The average molecular weight is 491 g/mol. The number of benzene rings is 2. The Bertz CT molecular complexity index is 1170. The van der Waals surface area contributed by atoms with Gasteiger partial charge in [-0.3, -0.25) is 19.3 Å². The zero-order valence-electron chi connectivity index (χ0n) is 19.8. The number of imide groups is 1. The Hall–Kier alpha value is -3.13. The maximum atomic E-state index is 13.7. The van der Waals surface area contributed by atoms with Gasteiger partial charge < -0.3 is 10.3 Å². The lowest BCUT2D eigenvalue weighted by molar-refractivity contribution is -0.147. The SMILES string of the molecule is CSCC(C(=O)NC(Cc1ccccc1)c1nc2ccccc2[nH]1)N1C(=O)C2CCCCC2C1=O. The zero-order chi connectivity index (χ0) is 24.4. The van der Waals surface area contributed by atoms with Crippen molar-refractivity contribution in [3.05, 3.63) is 66.0 Å². The first-order valence-corrected chi connectivity index (χ1v) is 13.6.